The third-order valence-electron chi connectivity index (χ3n) is 4.16. The molecular weight excluding hydrogens is 386 g/mol. The number of carbonyl (C=O) groups excluding carboxylic acids is 1. The van der Waals surface area contributed by atoms with Crippen molar-refractivity contribution in [2.45, 2.75) is 6.54 Å². The number of para-hydroxylation sites is 2. The molecule has 0 radical (unpaired) electrons. The first-order chi connectivity index (χ1) is 14.2. The summed E-state index contributed by atoms with van der Waals surface area (Å²) in [7, 11) is 1.60. The van der Waals surface area contributed by atoms with Gasteiger partial charge in [-0.15, -0.1) is 0 Å². The number of rotatable bonds is 8. The largest absolute Gasteiger partial charge is 0.383 e. The van der Waals surface area contributed by atoms with Crippen LogP contribution < -0.4 is 16.1 Å². The summed E-state index contributed by atoms with van der Waals surface area (Å²) >= 11 is 5.26. The molecule has 0 aliphatic heterocycles. The average molecular weight is 410 g/mol. The molecule has 3 N–H and O–H groups in total. The molecule has 0 saturated carbocycles. The van der Waals surface area contributed by atoms with Gasteiger partial charge in [0.1, 0.15) is 6.54 Å². The average Bonchev–Trinajstić information content (AvgIpc) is 3.06. The highest BCUT2D eigenvalue weighted by Gasteiger charge is 2.09. The van der Waals surface area contributed by atoms with E-state index in [0.717, 1.165) is 22.2 Å². The van der Waals surface area contributed by atoms with E-state index < -0.39 is 0 Å². The summed E-state index contributed by atoms with van der Waals surface area (Å²) in [6.45, 7) is 1.19. The lowest BCUT2D eigenvalue weighted by Crippen LogP contribution is -2.30. The molecule has 0 unspecified atom stereocenters. The fourth-order valence-electron chi connectivity index (χ4n) is 2.85. The van der Waals surface area contributed by atoms with E-state index >= 15 is 0 Å². The molecule has 150 valence electrons. The Morgan fingerprint density at radius 1 is 1.17 bits per heavy atom. The fourth-order valence-corrected chi connectivity index (χ4v) is 3.02. The number of hydrazone groups is 1. The summed E-state index contributed by atoms with van der Waals surface area (Å²) in [5, 5.41) is 11.5. The highest BCUT2D eigenvalue weighted by molar-refractivity contribution is 7.80. The Labute approximate surface area is 174 Å². The Hall–Kier alpha value is -3.23. The van der Waals surface area contributed by atoms with Crippen molar-refractivity contribution in [3.8, 4) is 0 Å². The molecule has 0 atom stereocenters. The molecule has 0 saturated heterocycles. The smallest absolute Gasteiger partial charge is 0.240 e. The van der Waals surface area contributed by atoms with E-state index in [-0.39, 0.29) is 12.5 Å². The third-order valence-corrected chi connectivity index (χ3v) is 4.36. The highest BCUT2D eigenvalue weighted by Crippen LogP contribution is 2.19. The van der Waals surface area contributed by atoms with E-state index in [4.69, 9.17) is 17.0 Å². The van der Waals surface area contributed by atoms with Gasteiger partial charge < -0.3 is 19.9 Å². The quantitative estimate of drug-likeness (QED) is 0.231. The zero-order valence-electron chi connectivity index (χ0n) is 16.1. The van der Waals surface area contributed by atoms with Crippen molar-refractivity contribution < 1.29 is 9.53 Å². The van der Waals surface area contributed by atoms with E-state index in [2.05, 4.69) is 21.2 Å². The monoisotopic (exact) mass is 409 g/mol. The number of thiocarbonyl (C=S) groups is 1. The van der Waals surface area contributed by atoms with Gasteiger partial charge >= 0.3 is 0 Å². The zero-order valence-corrected chi connectivity index (χ0v) is 16.9. The summed E-state index contributed by atoms with van der Waals surface area (Å²) in [5.74, 6) is -0.0716. The number of benzene rings is 2. The van der Waals surface area contributed by atoms with Crippen LogP contribution in [0.25, 0.3) is 10.9 Å². The molecule has 7 nitrogen and oxygen atoms in total. The van der Waals surface area contributed by atoms with E-state index in [1.54, 1.807) is 13.3 Å². The summed E-state index contributed by atoms with van der Waals surface area (Å²) in [6, 6.07) is 17.5. The van der Waals surface area contributed by atoms with Crippen molar-refractivity contribution in [1.29, 1.82) is 0 Å². The van der Waals surface area contributed by atoms with Crippen LogP contribution in [0.5, 0.6) is 0 Å². The van der Waals surface area contributed by atoms with Gasteiger partial charge in [0.25, 0.3) is 0 Å². The number of anilines is 1. The van der Waals surface area contributed by atoms with Crippen LogP contribution in [-0.2, 0) is 16.1 Å². The van der Waals surface area contributed by atoms with Crippen LogP contribution in [0.1, 0.15) is 5.56 Å². The molecule has 0 fully saturated rings. The minimum atomic E-state index is -0.0716. The van der Waals surface area contributed by atoms with Gasteiger partial charge in [-0.2, -0.15) is 5.10 Å². The van der Waals surface area contributed by atoms with Gasteiger partial charge in [0, 0.05) is 42.0 Å². The maximum Gasteiger partial charge on any atom is 0.240 e. The van der Waals surface area contributed by atoms with Crippen molar-refractivity contribution >= 4 is 46.0 Å². The first-order valence-corrected chi connectivity index (χ1v) is 9.57. The van der Waals surface area contributed by atoms with Gasteiger partial charge in [-0.05, 0) is 30.4 Å². The molecular formula is C21H23N5O2S. The van der Waals surface area contributed by atoms with Crippen LogP contribution in [0.3, 0.4) is 0 Å². The summed E-state index contributed by atoms with van der Waals surface area (Å²) in [5.41, 5.74) is 5.55. The second kappa shape index (κ2) is 10.4. The third kappa shape index (κ3) is 5.87. The Morgan fingerprint density at radius 3 is 2.72 bits per heavy atom. The molecule has 3 rings (SSSR count). The van der Waals surface area contributed by atoms with Gasteiger partial charge in [0.15, 0.2) is 5.11 Å². The number of carbonyl (C=O) groups is 1. The van der Waals surface area contributed by atoms with Crippen molar-refractivity contribution in [3.05, 3.63) is 66.4 Å². The number of fused-ring (bicyclic) bond motifs is 1. The number of aromatic nitrogens is 1. The van der Waals surface area contributed by atoms with Crippen molar-refractivity contribution in [2.75, 3.05) is 25.6 Å². The second-order valence-corrected chi connectivity index (χ2v) is 6.67. The number of hydrogen-bond acceptors (Lipinski definition) is 4. The fraction of sp³-hybridized carbons (Fsp3) is 0.190. The predicted octanol–water partition coefficient (Wildman–Crippen LogP) is 2.72. The molecule has 3 aromatic rings. The molecule has 2 aromatic carbocycles. The van der Waals surface area contributed by atoms with Gasteiger partial charge in [-0.25, -0.2) is 0 Å². The zero-order chi connectivity index (χ0) is 20.5. The van der Waals surface area contributed by atoms with Crippen LogP contribution in [0.4, 0.5) is 5.69 Å². The normalized spacial score (nSPS) is 10.9. The molecule has 1 aromatic heterocycles. The maximum absolute atomic E-state index is 12.2. The minimum absolute atomic E-state index is 0.0716. The molecule has 29 heavy (non-hydrogen) atoms. The van der Waals surface area contributed by atoms with Crippen LogP contribution in [0.2, 0.25) is 0 Å². The van der Waals surface area contributed by atoms with Crippen LogP contribution in [-0.4, -0.2) is 42.1 Å². The van der Waals surface area contributed by atoms with E-state index in [9.17, 15) is 4.79 Å². The van der Waals surface area contributed by atoms with Crippen molar-refractivity contribution in [2.24, 2.45) is 5.10 Å². The highest BCUT2D eigenvalue weighted by atomic mass is 32.1. The Bertz CT molecular complexity index is 1000. The van der Waals surface area contributed by atoms with Gasteiger partial charge in [-0.1, -0.05) is 36.4 Å². The predicted molar refractivity (Wildman–Crippen MR) is 120 cm³/mol. The molecule has 1 amide bonds. The topological polar surface area (TPSA) is 79.7 Å². The lowest BCUT2D eigenvalue weighted by molar-refractivity contribution is -0.121. The Morgan fingerprint density at radius 2 is 1.93 bits per heavy atom. The summed E-state index contributed by atoms with van der Waals surface area (Å²) < 4.78 is 6.86. The maximum atomic E-state index is 12.2. The van der Waals surface area contributed by atoms with Gasteiger partial charge in [0.05, 0.1) is 12.8 Å². The molecule has 1 heterocycles. The first kappa shape index (κ1) is 20.5. The Kier molecular flexibility index (Phi) is 7.32. The number of ether oxygens (including phenoxy) is 1. The molecule has 0 aliphatic rings. The first-order valence-electron chi connectivity index (χ1n) is 9.16. The molecule has 0 spiro atoms. The van der Waals surface area contributed by atoms with E-state index in [1.807, 2.05) is 65.4 Å². The molecule has 0 bridgehead atoms. The van der Waals surface area contributed by atoms with Crippen molar-refractivity contribution in [3.63, 3.8) is 0 Å². The molecule has 8 heteroatoms. The van der Waals surface area contributed by atoms with Crippen LogP contribution >= 0.6 is 12.2 Å². The lowest BCUT2D eigenvalue weighted by Gasteiger charge is -2.06. The summed E-state index contributed by atoms with van der Waals surface area (Å²) in [6.07, 6.45) is 3.60. The Balaban J connectivity index is 1.67. The summed E-state index contributed by atoms with van der Waals surface area (Å²) in [4.78, 5) is 12.2. The van der Waals surface area contributed by atoms with Crippen molar-refractivity contribution in [1.82, 2.24) is 15.3 Å². The van der Waals surface area contributed by atoms with E-state index in [1.165, 1.54) is 0 Å². The van der Waals surface area contributed by atoms with E-state index in [0.29, 0.717) is 18.3 Å². The number of amides is 1. The van der Waals surface area contributed by atoms with Gasteiger partial charge in [0.2, 0.25) is 5.91 Å². The standard InChI is InChI=1S/C21H23N5O2S/c1-28-12-11-22-20(27)15-26-14-16(18-9-5-6-10-19(18)26)13-23-25-21(29)24-17-7-3-2-4-8-17/h2-10,13-14H,11-12,15H2,1H3,(H,22,27)(H2,24,25,29)/b23-13+. The number of methoxy groups -OCH3 is 1. The SMILES string of the molecule is COCCNC(=O)Cn1cc(/C=N/NC(=S)Nc2ccccc2)c2ccccc21. The molecule has 0 aliphatic carbocycles. The van der Waals surface area contributed by atoms with Crippen LogP contribution in [0, 0.1) is 0 Å². The number of nitrogens with one attached hydrogen (secondary N) is 3. The van der Waals surface area contributed by atoms with Gasteiger partial charge in [-0.3, -0.25) is 10.2 Å². The lowest BCUT2D eigenvalue weighted by atomic mass is 10.2. The second-order valence-electron chi connectivity index (χ2n) is 6.26. The number of hydrogen-bond donors (Lipinski definition) is 3. The van der Waals surface area contributed by atoms with Crippen LogP contribution in [0.15, 0.2) is 65.9 Å². The minimum Gasteiger partial charge on any atom is -0.383 e. The number of nitrogens with zero attached hydrogens (tertiary/aromatic N) is 2.